The number of rotatable bonds is 7. The average Bonchev–Trinajstić information content (AvgIpc) is 2.89. The SMILES string of the molecule is CCc1cnc(CNC(=NC)NC(C)CCC(C)C)s1.I. The van der Waals surface area contributed by atoms with Crippen molar-refractivity contribution in [3.8, 4) is 0 Å². The minimum absolute atomic E-state index is 0. The van der Waals surface area contributed by atoms with E-state index in [0.717, 1.165) is 36.3 Å². The van der Waals surface area contributed by atoms with Crippen molar-refractivity contribution in [3.05, 3.63) is 16.1 Å². The first-order chi connectivity index (χ1) is 9.55. The molecule has 1 rings (SSSR count). The zero-order chi connectivity index (χ0) is 15.0. The van der Waals surface area contributed by atoms with Crippen molar-refractivity contribution >= 4 is 41.3 Å². The first kappa shape index (κ1) is 20.6. The van der Waals surface area contributed by atoms with Gasteiger partial charge in [0.1, 0.15) is 5.01 Å². The Bertz CT molecular complexity index is 418. The molecule has 0 aliphatic rings. The van der Waals surface area contributed by atoms with Gasteiger partial charge in [-0.25, -0.2) is 4.98 Å². The van der Waals surface area contributed by atoms with E-state index in [-0.39, 0.29) is 24.0 Å². The summed E-state index contributed by atoms with van der Waals surface area (Å²) in [5, 5.41) is 7.87. The molecule has 1 unspecified atom stereocenters. The van der Waals surface area contributed by atoms with Gasteiger partial charge in [-0.2, -0.15) is 0 Å². The molecule has 1 atom stereocenters. The van der Waals surface area contributed by atoms with E-state index >= 15 is 0 Å². The Morgan fingerprint density at radius 3 is 2.57 bits per heavy atom. The van der Waals surface area contributed by atoms with Crippen LogP contribution in [-0.2, 0) is 13.0 Å². The van der Waals surface area contributed by atoms with Crippen LogP contribution in [0.4, 0.5) is 0 Å². The standard InChI is InChI=1S/C15H28N4S.HI/c1-6-13-9-17-14(20-13)10-18-15(16-5)19-12(4)8-7-11(2)3;/h9,11-12H,6-8,10H2,1-5H3,(H2,16,18,19);1H. The number of nitrogens with one attached hydrogen (secondary N) is 2. The van der Waals surface area contributed by atoms with E-state index in [2.05, 4.69) is 48.3 Å². The lowest BCUT2D eigenvalue weighted by molar-refractivity contribution is 0.489. The minimum atomic E-state index is 0. The van der Waals surface area contributed by atoms with Crippen LogP contribution in [0, 0.1) is 5.92 Å². The topological polar surface area (TPSA) is 49.3 Å². The lowest BCUT2D eigenvalue weighted by Crippen LogP contribution is -2.41. The van der Waals surface area contributed by atoms with Crippen molar-refractivity contribution in [3.63, 3.8) is 0 Å². The van der Waals surface area contributed by atoms with Gasteiger partial charge in [0.15, 0.2) is 5.96 Å². The molecule has 0 aliphatic heterocycles. The van der Waals surface area contributed by atoms with Gasteiger partial charge in [-0.3, -0.25) is 4.99 Å². The molecular weight excluding hydrogens is 395 g/mol. The van der Waals surface area contributed by atoms with Crippen LogP contribution in [-0.4, -0.2) is 24.0 Å². The Labute approximate surface area is 150 Å². The molecule has 0 saturated carbocycles. The van der Waals surface area contributed by atoms with Crippen LogP contribution in [0.1, 0.15) is 50.4 Å². The van der Waals surface area contributed by atoms with Crippen LogP contribution < -0.4 is 10.6 Å². The molecule has 6 heteroatoms. The van der Waals surface area contributed by atoms with Gasteiger partial charge >= 0.3 is 0 Å². The molecule has 0 spiro atoms. The smallest absolute Gasteiger partial charge is 0.191 e. The van der Waals surface area contributed by atoms with Gasteiger partial charge in [0.05, 0.1) is 6.54 Å². The van der Waals surface area contributed by atoms with E-state index in [4.69, 9.17) is 0 Å². The summed E-state index contributed by atoms with van der Waals surface area (Å²) in [6.45, 7) is 9.61. The van der Waals surface area contributed by atoms with Gasteiger partial charge in [-0.15, -0.1) is 35.3 Å². The van der Waals surface area contributed by atoms with Gasteiger partial charge in [-0.1, -0.05) is 20.8 Å². The zero-order valence-electron chi connectivity index (χ0n) is 13.8. The van der Waals surface area contributed by atoms with E-state index in [1.807, 2.05) is 13.2 Å². The summed E-state index contributed by atoms with van der Waals surface area (Å²) in [5.74, 6) is 1.60. The first-order valence-corrected chi connectivity index (χ1v) is 8.27. The summed E-state index contributed by atoms with van der Waals surface area (Å²) in [6, 6.07) is 0.436. The Hall–Kier alpha value is -0.370. The monoisotopic (exact) mass is 424 g/mol. The fourth-order valence-corrected chi connectivity index (χ4v) is 2.64. The Morgan fingerprint density at radius 1 is 1.33 bits per heavy atom. The number of nitrogens with zero attached hydrogens (tertiary/aromatic N) is 2. The van der Waals surface area contributed by atoms with Crippen LogP contribution >= 0.6 is 35.3 Å². The van der Waals surface area contributed by atoms with Crippen molar-refractivity contribution < 1.29 is 0 Å². The number of hydrogen-bond acceptors (Lipinski definition) is 3. The second-order valence-electron chi connectivity index (χ2n) is 5.52. The maximum absolute atomic E-state index is 4.41. The average molecular weight is 424 g/mol. The van der Waals surface area contributed by atoms with Crippen molar-refractivity contribution in [2.45, 2.75) is 59.5 Å². The van der Waals surface area contributed by atoms with E-state index < -0.39 is 0 Å². The highest BCUT2D eigenvalue weighted by molar-refractivity contribution is 14.0. The van der Waals surface area contributed by atoms with Crippen LogP contribution in [0.3, 0.4) is 0 Å². The summed E-state index contributed by atoms with van der Waals surface area (Å²) in [4.78, 5) is 10.0. The molecule has 0 bridgehead atoms. The van der Waals surface area contributed by atoms with Crippen LogP contribution in [0.5, 0.6) is 0 Å². The van der Waals surface area contributed by atoms with Crippen LogP contribution in [0.15, 0.2) is 11.2 Å². The zero-order valence-corrected chi connectivity index (χ0v) is 16.9. The molecule has 0 amide bonds. The molecule has 1 aromatic rings. The summed E-state index contributed by atoms with van der Waals surface area (Å²) in [7, 11) is 1.81. The van der Waals surface area contributed by atoms with E-state index in [1.165, 1.54) is 11.3 Å². The number of hydrogen-bond donors (Lipinski definition) is 2. The fraction of sp³-hybridized carbons (Fsp3) is 0.733. The number of halogens is 1. The number of aryl methyl sites for hydroxylation is 1. The third-order valence-corrected chi connectivity index (χ3v) is 4.28. The summed E-state index contributed by atoms with van der Waals surface area (Å²) in [6.07, 6.45) is 5.41. The predicted octanol–water partition coefficient (Wildman–Crippen LogP) is 3.81. The second kappa shape index (κ2) is 11.2. The first-order valence-electron chi connectivity index (χ1n) is 7.45. The maximum atomic E-state index is 4.41. The summed E-state index contributed by atoms with van der Waals surface area (Å²) in [5.41, 5.74) is 0. The van der Waals surface area contributed by atoms with Gasteiger partial charge in [0.2, 0.25) is 0 Å². The number of guanidine groups is 1. The van der Waals surface area contributed by atoms with Gasteiger partial charge in [0, 0.05) is 24.2 Å². The normalized spacial score (nSPS) is 13.0. The number of aliphatic imine (C=N–C) groups is 1. The van der Waals surface area contributed by atoms with Gasteiger partial charge < -0.3 is 10.6 Å². The fourth-order valence-electron chi connectivity index (χ4n) is 1.84. The molecule has 21 heavy (non-hydrogen) atoms. The van der Waals surface area contributed by atoms with E-state index in [9.17, 15) is 0 Å². The lowest BCUT2D eigenvalue weighted by atomic mass is 10.0. The number of thiazole rings is 1. The lowest BCUT2D eigenvalue weighted by Gasteiger charge is -2.18. The molecule has 0 saturated heterocycles. The van der Waals surface area contributed by atoms with Crippen molar-refractivity contribution in [2.24, 2.45) is 10.9 Å². The van der Waals surface area contributed by atoms with Crippen molar-refractivity contribution in [2.75, 3.05) is 7.05 Å². The van der Waals surface area contributed by atoms with E-state index in [1.54, 1.807) is 11.3 Å². The second-order valence-corrected chi connectivity index (χ2v) is 6.72. The molecule has 122 valence electrons. The highest BCUT2D eigenvalue weighted by atomic mass is 127. The summed E-state index contributed by atoms with van der Waals surface area (Å²) >= 11 is 1.76. The Morgan fingerprint density at radius 2 is 2.05 bits per heavy atom. The molecule has 4 nitrogen and oxygen atoms in total. The highest BCUT2D eigenvalue weighted by Crippen LogP contribution is 2.12. The molecule has 0 aliphatic carbocycles. The largest absolute Gasteiger partial charge is 0.354 e. The summed E-state index contributed by atoms with van der Waals surface area (Å²) < 4.78 is 0. The van der Waals surface area contributed by atoms with Crippen LogP contribution in [0.2, 0.25) is 0 Å². The van der Waals surface area contributed by atoms with Crippen molar-refractivity contribution in [1.29, 1.82) is 0 Å². The van der Waals surface area contributed by atoms with Gasteiger partial charge in [0.25, 0.3) is 0 Å². The van der Waals surface area contributed by atoms with Crippen molar-refractivity contribution in [1.82, 2.24) is 15.6 Å². The predicted molar refractivity (Wildman–Crippen MR) is 104 cm³/mol. The number of aromatic nitrogens is 1. The Balaban J connectivity index is 0.00000400. The molecule has 1 heterocycles. The molecular formula is C15H29IN4S. The molecule has 0 aromatic carbocycles. The Kier molecular flexibility index (Phi) is 11.0. The quantitative estimate of drug-likeness (QED) is 0.398. The highest BCUT2D eigenvalue weighted by Gasteiger charge is 2.07. The minimum Gasteiger partial charge on any atom is -0.354 e. The molecule has 1 aromatic heterocycles. The maximum Gasteiger partial charge on any atom is 0.191 e. The third kappa shape index (κ3) is 8.60. The molecule has 0 fully saturated rings. The third-order valence-electron chi connectivity index (χ3n) is 3.14. The van der Waals surface area contributed by atoms with Crippen LogP contribution in [0.25, 0.3) is 0 Å². The molecule has 0 radical (unpaired) electrons. The molecule has 2 N–H and O–H groups in total. The van der Waals surface area contributed by atoms with E-state index in [0.29, 0.717) is 6.04 Å². The van der Waals surface area contributed by atoms with Gasteiger partial charge in [-0.05, 0) is 32.1 Å².